The number of nitrogens with zero attached hydrogens (tertiary/aromatic N) is 2. The van der Waals surface area contributed by atoms with Crippen molar-refractivity contribution < 1.29 is 19.2 Å². The zero-order valence-corrected chi connectivity index (χ0v) is 18.3. The van der Waals surface area contributed by atoms with E-state index in [2.05, 4.69) is 5.32 Å². The minimum absolute atomic E-state index is 0.0594. The number of benzene rings is 1. The molecule has 3 fully saturated rings. The number of anilines is 1. The second kappa shape index (κ2) is 8.99. The third-order valence-electron chi connectivity index (χ3n) is 7.24. The average molecular weight is 446 g/mol. The molecule has 31 heavy (non-hydrogen) atoms. The van der Waals surface area contributed by atoms with Crippen LogP contribution in [0.25, 0.3) is 0 Å². The zero-order valence-electron chi connectivity index (χ0n) is 17.6. The second-order valence-corrected chi connectivity index (χ2v) is 9.47. The molecule has 1 saturated carbocycles. The number of hydrogen-bond donors (Lipinski definition) is 1. The molecular weight excluding hydrogens is 418 g/mol. The molecule has 2 saturated heterocycles. The summed E-state index contributed by atoms with van der Waals surface area (Å²) in [6.07, 6.45) is 8.37. The van der Waals surface area contributed by atoms with Crippen molar-refractivity contribution in [2.75, 3.05) is 24.5 Å². The van der Waals surface area contributed by atoms with Gasteiger partial charge in [0.05, 0.1) is 10.7 Å². The van der Waals surface area contributed by atoms with Gasteiger partial charge in [0, 0.05) is 38.0 Å². The molecule has 0 aromatic heterocycles. The predicted molar refractivity (Wildman–Crippen MR) is 117 cm³/mol. The first-order valence-corrected chi connectivity index (χ1v) is 11.4. The Morgan fingerprint density at radius 1 is 1.13 bits per heavy atom. The summed E-state index contributed by atoms with van der Waals surface area (Å²) in [4.78, 5) is 50.9. The molecule has 1 aliphatic carbocycles. The molecule has 1 N–H and O–H groups in total. The fraction of sp³-hybridized carbons (Fsp3) is 0.565. The normalized spacial score (nSPS) is 21.8. The van der Waals surface area contributed by atoms with E-state index < -0.39 is 6.03 Å². The number of halogens is 1. The zero-order chi connectivity index (χ0) is 22.0. The lowest BCUT2D eigenvalue weighted by Crippen LogP contribution is -2.49. The molecule has 2 aliphatic heterocycles. The van der Waals surface area contributed by atoms with Crippen LogP contribution in [0.15, 0.2) is 18.2 Å². The van der Waals surface area contributed by atoms with Crippen molar-refractivity contribution in [1.82, 2.24) is 10.2 Å². The van der Waals surface area contributed by atoms with Crippen LogP contribution < -0.4 is 10.2 Å². The third kappa shape index (κ3) is 4.61. The van der Waals surface area contributed by atoms with E-state index in [0.29, 0.717) is 47.1 Å². The maximum Gasteiger partial charge on any atom is 0.328 e. The molecule has 166 valence electrons. The van der Waals surface area contributed by atoms with E-state index in [1.54, 1.807) is 18.2 Å². The number of urea groups is 1. The Hall–Kier alpha value is -2.41. The van der Waals surface area contributed by atoms with Crippen molar-refractivity contribution >= 4 is 41.4 Å². The van der Waals surface area contributed by atoms with Gasteiger partial charge in [-0.1, -0.05) is 11.6 Å². The van der Waals surface area contributed by atoms with Crippen molar-refractivity contribution in [2.24, 2.45) is 11.3 Å². The van der Waals surface area contributed by atoms with Crippen LogP contribution in [0.1, 0.15) is 61.7 Å². The van der Waals surface area contributed by atoms with Crippen molar-refractivity contribution in [3.8, 4) is 0 Å². The van der Waals surface area contributed by atoms with Gasteiger partial charge < -0.3 is 9.69 Å². The molecule has 0 bridgehead atoms. The summed E-state index contributed by atoms with van der Waals surface area (Å²) in [5.74, 6) is 0.153. The number of likely N-dealkylation sites (tertiary alicyclic amines) is 1. The number of hydrogen-bond acceptors (Lipinski definition) is 4. The van der Waals surface area contributed by atoms with E-state index in [4.69, 9.17) is 11.6 Å². The van der Waals surface area contributed by atoms with Gasteiger partial charge in [0.15, 0.2) is 0 Å². The summed E-state index contributed by atoms with van der Waals surface area (Å²) in [6, 6.07) is 4.45. The Bertz CT molecular complexity index is 885. The maximum atomic E-state index is 13.2. The molecule has 8 heteroatoms. The van der Waals surface area contributed by atoms with Crippen LogP contribution in [0.4, 0.5) is 10.5 Å². The summed E-state index contributed by atoms with van der Waals surface area (Å²) in [7, 11) is 0. The van der Waals surface area contributed by atoms with E-state index in [9.17, 15) is 19.2 Å². The smallest absolute Gasteiger partial charge is 0.328 e. The van der Waals surface area contributed by atoms with Crippen LogP contribution in [0.3, 0.4) is 0 Å². The number of carbonyl (C=O) groups excluding carboxylic acids is 4. The Morgan fingerprint density at radius 3 is 2.48 bits per heavy atom. The molecule has 3 aliphatic rings. The van der Waals surface area contributed by atoms with Crippen LogP contribution in [0, 0.1) is 11.3 Å². The molecule has 1 aromatic carbocycles. The molecule has 0 unspecified atom stereocenters. The summed E-state index contributed by atoms with van der Waals surface area (Å²) < 4.78 is 0. The van der Waals surface area contributed by atoms with Crippen LogP contribution >= 0.6 is 11.6 Å². The van der Waals surface area contributed by atoms with Gasteiger partial charge in [-0.25, -0.2) is 4.79 Å². The van der Waals surface area contributed by atoms with Gasteiger partial charge in [-0.15, -0.1) is 0 Å². The van der Waals surface area contributed by atoms with Gasteiger partial charge in [-0.3, -0.25) is 19.8 Å². The van der Waals surface area contributed by atoms with Gasteiger partial charge >= 0.3 is 6.03 Å². The number of piperidine rings is 1. The third-order valence-corrected chi connectivity index (χ3v) is 7.56. The monoisotopic (exact) mass is 445 g/mol. The molecule has 7 nitrogen and oxygen atoms in total. The first-order valence-electron chi connectivity index (χ1n) is 11.0. The van der Waals surface area contributed by atoms with E-state index in [1.807, 2.05) is 4.90 Å². The highest BCUT2D eigenvalue weighted by Gasteiger charge is 2.39. The lowest BCUT2D eigenvalue weighted by atomic mass is 9.65. The number of rotatable bonds is 4. The highest BCUT2D eigenvalue weighted by atomic mass is 35.5. The van der Waals surface area contributed by atoms with E-state index >= 15 is 0 Å². The minimum Gasteiger partial charge on any atom is -0.339 e. The van der Waals surface area contributed by atoms with Crippen molar-refractivity contribution in [3.05, 3.63) is 28.8 Å². The molecule has 2 heterocycles. The number of carbonyl (C=O) groups is 4. The second-order valence-electron chi connectivity index (χ2n) is 9.06. The van der Waals surface area contributed by atoms with Gasteiger partial charge in [0.2, 0.25) is 5.91 Å². The van der Waals surface area contributed by atoms with Crippen molar-refractivity contribution in [3.63, 3.8) is 0 Å². The van der Waals surface area contributed by atoms with E-state index in [1.165, 1.54) is 4.90 Å². The quantitative estimate of drug-likeness (QED) is 0.714. The molecule has 1 spiro atoms. The van der Waals surface area contributed by atoms with Gasteiger partial charge in [0.25, 0.3) is 5.91 Å². The summed E-state index contributed by atoms with van der Waals surface area (Å²) >= 11 is 6.30. The fourth-order valence-electron chi connectivity index (χ4n) is 5.18. The first-order chi connectivity index (χ1) is 14.9. The molecule has 1 aromatic rings. The lowest BCUT2D eigenvalue weighted by Gasteiger charge is -2.46. The van der Waals surface area contributed by atoms with Crippen LogP contribution in [-0.4, -0.2) is 48.7 Å². The largest absolute Gasteiger partial charge is 0.339 e. The Balaban J connectivity index is 1.41. The summed E-state index contributed by atoms with van der Waals surface area (Å²) in [6.45, 7) is 1.67. The molecule has 0 atom stereocenters. The molecular formula is C23H28ClN3O4. The van der Waals surface area contributed by atoms with E-state index in [0.717, 1.165) is 44.8 Å². The van der Waals surface area contributed by atoms with Gasteiger partial charge in [-0.2, -0.15) is 0 Å². The van der Waals surface area contributed by atoms with E-state index in [-0.39, 0.29) is 24.8 Å². The van der Waals surface area contributed by atoms with Crippen molar-refractivity contribution in [1.29, 1.82) is 0 Å². The number of aldehydes is 1. The maximum absolute atomic E-state index is 13.2. The minimum atomic E-state index is -0.521. The standard InChI is InChI=1S/C23H28ClN3O4/c24-18-2-1-17(15-19(18)27-11-5-20(29)25-22(27)31)21(30)26-12-9-23(10-13-26)7-3-16(4-8-23)6-14-28/h1-2,14-16H,3-13H2,(H,25,29,31). The summed E-state index contributed by atoms with van der Waals surface area (Å²) in [5.41, 5.74) is 1.24. The van der Waals surface area contributed by atoms with Crippen molar-refractivity contribution in [2.45, 2.75) is 51.4 Å². The Labute approximate surface area is 187 Å². The number of amides is 4. The Kier molecular flexibility index (Phi) is 6.32. The van der Waals surface area contributed by atoms with Gasteiger partial charge in [-0.05, 0) is 68.1 Å². The van der Waals surface area contributed by atoms with Crippen LogP contribution in [0.2, 0.25) is 5.02 Å². The highest BCUT2D eigenvalue weighted by molar-refractivity contribution is 6.34. The molecule has 4 amide bonds. The topological polar surface area (TPSA) is 86.8 Å². The van der Waals surface area contributed by atoms with Crippen LogP contribution in [-0.2, 0) is 9.59 Å². The highest BCUT2D eigenvalue weighted by Crippen LogP contribution is 2.47. The molecule has 4 rings (SSSR count). The Morgan fingerprint density at radius 2 is 1.84 bits per heavy atom. The SMILES string of the molecule is O=CCC1CCC2(CC1)CCN(C(=O)c1ccc(Cl)c(N3CCC(=O)NC3=O)c1)CC2. The average Bonchev–Trinajstić information content (AvgIpc) is 2.77. The van der Waals surface area contributed by atoms with Gasteiger partial charge in [0.1, 0.15) is 6.29 Å². The predicted octanol–water partition coefficient (Wildman–Crippen LogP) is 3.79. The summed E-state index contributed by atoms with van der Waals surface area (Å²) in [5, 5.41) is 2.65. The molecule has 0 radical (unpaired) electrons. The lowest BCUT2D eigenvalue weighted by molar-refractivity contribution is -0.120. The van der Waals surface area contributed by atoms with Crippen LogP contribution in [0.5, 0.6) is 0 Å². The number of nitrogens with one attached hydrogen (secondary N) is 1. The number of imide groups is 1. The first kappa shape index (κ1) is 21.8. The fourth-order valence-corrected chi connectivity index (χ4v) is 5.39.